The molecule has 2 aromatic carbocycles. The van der Waals surface area contributed by atoms with Crippen molar-refractivity contribution in [3.05, 3.63) is 94.2 Å². The number of fused-ring (bicyclic) bond motifs is 1. The fourth-order valence-corrected chi connectivity index (χ4v) is 3.63. The van der Waals surface area contributed by atoms with Crippen LogP contribution < -0.4 is 20.3 Å². The Bertz CT molecular complexity index is 1370. The predicted octanol–water partition coefficient (Wildman–Crippen LogP) is 4.36. The van der Waals surface area contributed by atoms with Gasteiger partial charge in [-0.3, -0.25) is 4.79 Å². The molecule has 0 aliphatic heterocycles. The molecule has 35 heavy (non-hydrogen) atoms. The molecular formula is C26H25FN4O4. The van der Waals surface area contributed by atoms with Gasteiger partial charge in [0, 0.05) is 29.1 Å². The number of carbonyl (C=O) groups excluding carboxylic acids is 1. The zero-order valence-corrected chi connectivity index (χ0v) is 19.4. The summed E-state index contributed by atoms with van der Waals surface area (Å²) in [6, 6.07) is 16.1. The molecule has 8 nitrogen and oxygen atoms in total. The van der Waals surface area contributed by atoms with E-state index >= 15 is 0 Å². The summed E-state index contributed by atoms with van der Waals surface area (Å²) >= 11 is 0. The number of ether oxygens (including phenoxy) is 2. The molecule has 2 amide bonds. The van der Waals surface area contributed by atoms with Crippen LogP contribution >= 0.6 is 0 Å². The van der Waals surface area contributed by atoms with Crippen LogP contribution in [0.1, 0.15) is 11.1 Å². The Morgan fingerprint density at radius 2 is 1.86 bits per heavy atom. The molecule has 9 heteroatoms. The number of carbonyl (C=O) groups is 1. The van der Waals surface area contributed by atoms with Crippen molar-refractivity contribution in [2.75, 3.05) is 26.1 Å². The number of hydrogen-bond donors (Lipinski definition) is 2. The van der Waals surface area contributed by atoms with E-state index in [1.54, 1.807) is 49.6 Å². The second kappa shape index (κ2) is 10.7. The van der Waals surface area contributed by atoms with Crippen LogP contribution in [0.3, 0.4) is 0 Å². The summed E-state index contributed by atoms with van der Waals surface area (Å²) in [6.45, 7) is 0.371. The van der Waals surface area contributed by atoms with Gasteiger partial charge in [0.1, 0.15) is 11.6 Å². The van der Waals surface area contributed by atoms with Gasteiger partial charge in [0.2, 0.25) is 5.88 Å². The third kappa shape index (κ3) is 5.94. The number of nitrogens with zero attached hydrogens (tertiary/aromatic N) is 2. The average molecular weight is 477 g/mol. The Balaban J connectivity index is 1.59. The lowest BCUT2D eigenvalue weighted by Crippen LogP contribution is -2.37. The lowest BCUT2D eigenvalue weighted by Gasteiger charge is -2.23. The Morgan fingerprint density at radius 3 is 2.54 bits per heavy atom. The number of aromatic nitrogens is 2. The minimum Gasteiger partial charge on any atom is -0.497 e. The lowest BCUT2D eigenvalue weighted by atomic mass is 10.1. The highest BCUT2D eigenvalue weighted by molar-refractivity contribution is 5.89. The van der Waals surface area contributed by atoms with Gasteiger partial charge < -0.3 is 24.7 Å². The number of amides is 2. The first-order valence-corrected chi connectivity index (χ1v) is 11.0. The zero-order chi connectivity index (χ0) is 24.8. The highest BCUT2D eigenvalue weighted by Crippen LogP contribution is 2.20. The number of rotatable bonds is 8. The van der Waals surface area contributed by atoms with Gasteiger partial charge in [0.25, 0.3) is 5.56 Å². The van der Waals surface area contributed by atoms with Crippen molar-refractivity contribution in [3.8, 4) is 11.6 Å². The van der Waals surface area contributed by atoms with Crippen LogP contribution in [0.25, 0.3) is 10.9 Å². The minimum atomic E-state index is -0.399. The smallest absolute Gasteiger partial charge is 0.322 e. The SMILES string of the molecule is COc1ccc2[nH]c(=O)c(CN(CCc3ccc(F)cc3)C(=O)Nc3ccc(OC)nc3)cc2c1. The minimum absolute atomic E-state index is 0.0685. The van der Waals surface area contributed by atoms with Crippen LogP contribution in [0.15, 0.2) is 71.7 Å². The molecule has 0 saturated heterocycles. The Kier molecular flexibility index (Phi) is 7.25. The Morgan fingerprint density at radius 1 is 1.06 bits per heavy atom. The Hall–Kier alpha value is -4.40. The molecule has 0 spiro atoms. The number of anilines is 1. The Labute approximate surface area is 201 Å². The summed E-state index contributed by atoms with van der Waals surface area (Å²) in [6.07, 6.45) is 1.97. The molecule has 0 radical (unpaired) electrons. The first-order valence-electron chi connectivity index (χ1n) is 11.0. The maximum Gasteiger partial charge on any atom is 0.322 e. The average Bonchev–Trinajstić information content (AvgIpc) is 2.87. The maximum absolute atomic E-state index is 13.3. The van der Waals surface area contributed by atoms with Crippen molar-refractivity contribution in [1.82, 2.24) is 14.9 Å². The first kappa shape index (κ1) is 23.7. The van der Waals surface area contributed by atoms with Crippen molar-refractivity contribution in [1.29, 1.82) is 0 Å². The number of urea groups is 1. The molecule has 2 N–H and O–H groups in total. The number of aromatic amines is 1. The molecule has 0 aliphatic rings. The molecule has 0 bridgehead atoms. The van der Waals surface area contributed by atoms with Gasteiger partial charge in [-0.05, 0) is 54.4 Å². The largest absolute Gasteiger partial charge is 0.497 e. The molecular weight excluding hydrogens is 451 g/mol. The second-order valence-electron chi connectivity index (χ2n) is 7.89. The van der Waals surface area contributed by atoms with Crippen LogP contribution in [0.5, 0.6) is 11.6 Å². The summed E-state index contributed by atoms with van der Waals surface area (Å²) in [5, 5.41) is 3.60. The molecule has 2 heterocycles. The summed E-state index contributed by atoms with van der Waals surface area (Å²) in [4.78, 5) is 34.5. The third-order valence-electron chi connectivity index (χ3n) is 5.56. The number of hydrogen-bond acceptors (Lipinski definition) is 5. The molecule has 4 rings (SSSR count). The predicted molar refractivity (Wildman–Crippen MR) is 131 cm³/mol. The van der Waals surface area contributed by atoms with Gasteiger partial charge in [-0.15, -0.1) is 0 Å². The van der Waals surface area contributed by atoms with Gasteiger partial charge in [0.05, 0.1) is 32.6 Å². The number of H-pyrrole nitrogens is 1. The molecule has 0 aliphatic carbocycles. The van der Waals surface area contributed by atoms with Gasteiger partial charge in [0.15, 0.2) is 0 Å². The van der Waals surface area contributed by atoms with E-state index in [0.29, 0.717) is 41.4 Å². The van der Waals surface area contributed by atoms with Crippen LogP contribution in [0, 0.1) is 5.82 Å². The number of methoxy groups -OCH3 is 2. The van der Waals surface area contributed by atoms with Crippen molar-refractivity contribution in [3.63, 3.8) is 0 Å². The van der Waals surface area contributed by atoms with E-state index < -0.39 is 6.03 Å². The van der Waals surface area contributed by atoms with Crippen molar-refractivity contribution in [2.24, 2.45) is 0 Å². The van der Waals surface area contributed by atoms with E-state index in [1.165, 1.54) is 30.3 Å². The second-order valence-corrected chi connectivity index (χ2v) is 7.89. The summed E-state index contributed by atoms with van der Waals surface area (Å²) in [5.74, 6) is 0.760. The normalized spacial score (nSPS) is 10.7. The summed E-state index contributed by atoms with van der Waals surface area (Å²) in [7, 11) is 3.08. The van der Waals surface area contributed by atoms with Crippen molar-refractivity contribution >= 4 is 22.6 Å². The number of nitrogens with one attached hydrogen (secondary N) is 2. The number of benzene rings is 2. The number of pyridine rings is 2. The van der Waals surface area contributed by atoms with Gasteiger partial charge in [-0.25, -0.2) is 14.2 Å². The fraction of sp³-hybridized carbons (Fsp3) is 0.192. The summed E-state index contributed by atoms with van der Waals surface area (Å²) in [5.41, 5.74) is 2.17. The molecule has 0 fully saturated rings. The molecule has 0 unspecified atom stereocenters. The van der Waals surface area contributed by atoms with E-state index in [2.05, 4.69) is 15.3 Å². The van der Waals surface area contributed by atoms with E-state index in [4.69, 9.17) is 9.47 Å². The van der Waals surface area contributed by atoms with Gasteiger partial charge in [-0.1, -0.05) is 12.1 Å². The van der Waals surface area contributed by atoms with Crippen LogP contribution in [-0.2, 0) is 13.0 Å². The molecule has 0 saturated carbocycles. The van der Waals surface area contributed by atoms with Crippen LogP contribution in [-0.4, -0.2) is 41.7 Å². The van der Waals surface area contributed by atoms with E-state index in [-0.39, 0.29) is 17.9 Å². The lowest BCUT2D eigenvalue weighted by molar-refractivity contribution is 0.209. The zero-order valence-electron chi connectivity index (χ0n) is 19.4. The fourth-order valence-electron chi connectivity index (χ4n) is 3.63. The van der Waals surface area contributed by atoms with Crippen molar-refractivity contribution < 1.29 is 18.7 Å². The highest BCUT2D eigenvalue weighted by atomic mass is 19.1. The third-order valence-corrected chi connectivity index (χ3v) is 5.56. The monoisotopic (exact) mass is 476 g/mol. The van der Waals surface area contributed by atoms with Crippen LogP contribution in [0.4, 0.5) is 14.9 Å². The van der Waals surface area contributed by atoms with Gasteiger partial charge >= 0.3 is 6.03 Å². The first-order chi connectivity index (χ1) is 16.9. The van der Waals surface area contributed by atoms with Gasteiger partial charge in [-0.2, -0.15) is 0 Å². The topological polar surface area (TPSA) is 96.6 Å². The summed E-state index contributed by atoms with van der Waals surface area (Å²) < 4.78 is 23.6. The van der Waals surface area contributed by atoms with E-state index in [0.717, 1.165) is 10.9 Å². The molecule has 0 atom stereocenters. The number of halogens is 1. The van der Waals surface area contributed by atoms with E-state index in [9.17, 15) is 14.0 Å². The quantitative estimate of drug-likeness (QED) is 0.394. The maximum atomic E-state index is 13.3. The van der Waals surface area contributed by atoms with Crippen molar-refractivity contribution in [2.45, 2.75) is 13.0 Å². The van der Waals surface area contributed by atoms with E-state index in [1.807, 2.05) is 6.07 Å². The highest BCUT2D eigenvalue weighted by Gasteiger charge is 2.17. The standard InChI is InChI=1S/C26H25FN4O4/c1-34-22-8-9-23-18(14-22)13-19(25(32)30-23)16-31(12-11-17-3-5-20(27)6-4-17)26(33)29-21-7-10-24(35-2)28-15-21/h3-10,13-15H,11-12,16H2,1-2H3,(H,29,33)(H,30,32). The molecule has 180 valence electrons. The molecule has 4 aromatic rings. The molecule has 2 aromatic heterocycles. The van der Waals surface area contributed by atoms with Crippen LogP contribution in [0.2, 0.25) is 0 Å².